The summed E-state index contributed by atoms with van der Waals surface area (Å²) in [5.41, 5.74) is 4.36. The van der Waals surface area contributed by atoms with E-state index in [1.807, 2.05) is 18.2 Å². The number of nitrogens with one attached hydrogen (secondary N) is 1. The zero-order valence-electron chi connectivity index (χ0n) is 10.4. The molecule has 0 bridgehead atoms. The predicted octanol–water partition coefficient (Wildman–Crippen LogP) is 2.84. The molecule has 1 saturated carbocycles. The van der Waals surface area contributed by atoms with Gasteiger partial charge in [0.1, 0.15) is 0 Å². The molecule has 94 valence electrons. The van der Waals surface area contributed by atoms with Crippen LogP contribution in [0.3, 0.4) is 0 Å². The molecule has 1 atom stereocenters. The minimum atomic E-state index is 0.113. The molecule has 3 nitrogen and oxygen atoms in total. The molecule has 1 aliphatic carbocycles. The van der Waals surface area contributed by atoms with Gasteiger partial charge in [0.25, 0.3) is 0 Å². The number of rotatable bonds is 6. The van der Waals surface area contributed by atoms with E-state index in [-0.39, 0.29) is 6.04 Å². The summed E-state index contributed by atoms with van der Waals surface area (Å²) < 4.78 is 5.23. The van der Waals surface area contributed by atoms with E-state index in [0.717, 1.165) is 0 Å². The minimum Gasteiger partial charge on any atom is -0.383 e. The second-order valence-electron chi connectivity index (χ2n) is 4.56. The van der Waals surface area contributed by atoms with Gasteiger partial charge in [0.05, 0.1) is 18.8 Å². The van der Waals surface area contributed by atoms with E-state index >= 15 is 0 Å². The van der Waals surface area contributed by atoms with E-state index in [1.165, 1.54) is 31.2 Å². The van der Waals surface area contributed by atoms with Gasteiger partial charge >= 0.3 is 0 Å². The molecule has 0 radical (unpaired) electrons. The van der Waals surface area contributed by atoms with Gasteiger partial charge in [0.2, 0.25) is 0 Å². The Hall–Kier alpha value is -0.900. The molecule has 1 aromatic carbocycles. The largest absolute Gasteiger partial charge is 0.383 e. The van der Waals surface area contributed by atoms with Gasteiger partial charge in [0, 0.05) is 7.11 Å². The number of benzene rings is 1. The average Bonchev–Trinajstić information content (AvgIpc) is 2.88. The molecule has 0 spiro atoms. The highest BCUT2D eigenvalue weighted by Crippen LogP contribution is 2.21. The summed E-state index contributed by atoms with van der Waals surface area (Å²) in [6, 6.07) is 10.4. The molecule has 3 heteroatoms. The van der Waals surface area contributed by atoms with Gasteiger partial charge < -0.3 is 4.74 Å². The summed E-state index contributed by atoms with van der Waals surface area (Å²) in [6.45, 7) is 0.622. The monoisotopic (exact) mass is 235 g/mol. The second-order valence-corrected chi connectivity index (χ2v) is 4.56. The Balaban J connectivity index is 1.88. The van der Waals surface area contributed by atoms with Crippen molar-refractivity contribution in [1.82, 2.24) is 5.48 Å². The lowest BCUT2D eigenvalue weighted by molar-refractivity contribution is -0.0534. The maximum atomic E-state index is 5.74. The zero-order valence-corrected chi connectivity index (χ0v) is 10.4. The summed E-state index contributed by atoms with van der Waals surface area (Å²) in [7, 11) is 1.72. The number of hydroxylamine groups is 1. The molecule has 17 heavy (non-hydrogen) atoms. The summed E-state index contributed by atoms with van der Waals surface area (Å²) in [4.78, 5) is 5.74. The van der Waals surface area contributed by atoms with Crippen molar-refractivity contribution < 1.29 is 9.57 Å². The van der Waals surface area contributed by atoms with Crippen LogP contribution in [-0.4, -0.2) is 19.8 Å². The molecular formula is C14H21NO2. The van der Waals surface area contributed by atoms with Crippen molar-refractivity contribution >= 4 is 0 Å². The third kappa shape index (κ3) is 3.80. The fourth-order valence-electron chi connectivity index (χ4n) is 2.23. The molecule has 0 aliphatic heterocycles. The Morgan fingerprint density at radius 3 is 2.59 bits per heavy atom. The van der Waals surface area contributed by atoms with Crippen LogP contribution < -0.4 is 5.48 Å². The summed E-state index contributed by atoms with van der Waals surface area (Å²) in [5, 5.41) is 0. The number of methoxy groups -OCH3 is 1. The Bertz CT molecular complexity index is 309. The first-order chi connectivity index (χ1) is 8.40. The van der Waals surface area contributed by atoms with Crippen LogP contribution in [-0.2, 0) is 9.57 Å². The van der Waals surface area contributed by atoms with Crippen molar-refractivity contribution in [3.63, 3.8) is 0 Å². The fraction of sp³-hybridized carbons (Fsp3) is 0.571. The van der Waals surface area contributed by atoms with Crippen LogP contribution in [0.25, 0.3) is 0 Å². The van der Waals surface area contributed by atoms with Crippen molar-refractivity contribution in [2.75, 3.05) is 13.7 Å². The molecular weight excluding hydrogens is 214 g/mol. The third-order valence-corrected chi connectivity index (χ3v) is 3.21. The van der Waals surface area contributed by atoms with Crippen LogP contribution >= 0.6 is 0 Å². The molecule has 0 amide bonds. The number of hydrogen-bond acceptors (Lipinski definition) is 3. The van der Waals surface area contributed by atoms with Crippen molar-refractivity contribution in [3.05, 3.63) is 35.9 Å². The topological polar surface area (TPSA) is 30.5 Å². The van der Waals surface area contributed by atoms with Gasteiger partial charge in [0.15, 0.2) is 0 Å². The van der Waals surface area contributed by atoms with Crippen LogP contribution in [0, 0.1) is 0 Å². The molecule has 2 rings (SSSR count). The quantitative estimate of drug-likeness (QED) is 0.769. The molecule has 1 aliphatic rings. The Morgan fingerprint density at radius 2 is 1.94 bits per heavy atom. The lowest BCUT2D eigenvalue weighted by atomic mass is 10.1. The molecule has 0 heterocycles. The van der Waals surface area contributed by atoms with Crippen molar-refractivity contribution in [2.24, 2.45) is 0 Å². The highest BCUT2D eigenvalue weighted by Gasteiger charge is 2.18. The van der Waals surface area contributed by atoms with E-state index in [1.54, 1.807) is 7.11 Å². The van der Waals surface area contributed by atoms with Crippen LogP contribution in [0.2, 0.25) is 0 Å². The molecule has 1 unspecified atom stereocenters. The highest BCUT2D eigenvalue weighted by molar-refractivity contribution is 5.18. The normalized spacial score (nSPS) is 18.4. The van der Waals surface area contributed by atoms with E-state index in [9.17, 15) is 0 Å². The van der Waals surface area contributed by atoms with Crippen LogP contribution in [0.1, 0.15) is 37.3 Å². The lowest BCUT2D eigenvalue weighted by Crippen LogP contribution is -2.29. The smallest absolute Gasteiger partial charge is 0.0805 e. The summed E-state index contributed by atoms with van der Waals surface area (Å²) >= 11 is 0. The first-order valence-electron chi connectivity index (χ1n) is 6.35. The second kappa shape index (κ2) is 6.74. The lowest BCUT2D eigenvalue weighted by Gasteiger charge is -2.20. The van der Waals surface area contributed by atoms with Gasteiger partial charge in [-0.05, 0) is 18.4 Å². The predicted molar refractivity (Wildman–Crippen MR) is 67.5 cm³/mol. The standard InChI is InChI=1S/C14H21NO2/c1-16-11-14(12-7-3-2-4-8-12)15-17-13-9-5-6-10-13/h2-4,7-8,13-15H,5-6,9-11H2,1H3. The van der Waals surface area contributed by atoms with Crippen molar-refractivity contribution in [2.45, 2.75) is 37.8 Å². The van der Waals surface area contributed by atoms with E-state index in [2.05, 4.69) is 17.6 Å². The Labute approximate surface area is 103 Å². The van der Waals surface area contributed by atoms with Gasteiger partial charge in [-0.25, -0.2) is 0 Å². The van der Waals surface area contributed by atoms with Crippen LogP contribution in [0.5, 0.6) is 0 Å². The summed E-state index contributed by atoms with van der Waals surface area (Å²) in [5.74, 6) is 0. The van der Waals surface area contributed by atoms with E-state index in [0.29, 0.717) is 12.7 Å². The van der Waals surface area contributed by atoms with Crippen molar-refractivity contribution in [1.29, 1.82) is 0 Å². The SMILES string of the molecule is COCC(NOC1CCCC1)c1ccccc1. The van der Waals surface area contributed by atoms with Gasteiger partial charge in [-0.15, -0.1) is 0 Å². The minimum absolute atomic E-state index is 0.113. The summed E-state index contributed by atoms with van der Waals surface area (Å²) in [6.07, 6.45) is 5.28. The first-order valence-corrected chi connectivity index (χ1v) is 6.35. The van der Waals surface area contributed by atoms with Gasteiger partial charge in [-0.3, -0.25) is 4.84 Å². The molecule has 1 fully saturated rings. The van der Waals surface area contributed by atoms with Gasteiger partial charge in [-0.2, -0.15) is 5.48 Å². The third-order valence-electron chi connectivity index (χ3n) is 3.21. The highest BCUT2D eigenvalue weighted by atomic mass is 16.7. The van der Waals surface area contributed by atoms with Crippen molar-refractivity contribution in [3.8, 4) is 0 Å². The molecule has 0 saturated heterocycles. The number of hydrogen-bond donors (Lipinski definition) is 1. The van der Waals surface area contributed by atoms with E-state index in [4.69, 9.17) is 9.57 Å². The maximum Gasteiger partial charge on any atom is 0.0805 e. The van der Waals surface area contributed by atoms with Gasteiger partial charge in [-0.1, -0.05) is 43.2 Å². The number of ether oxygens (including phenoxy) is 1. The zero-order chi connectivity index (χ0) is 11.9. The Morgan fingerprint density at radius 1 is 1.24 bits per heavy atom. The first kappa shape index (κ1) is 12.6. The van der Waals surface area contributed by atoms with Crippen LogP contribution in [0.4, 0.5) is 0 Å². The average molecular weight is 235 g/mol. The molecule has 1 aromatic rings. The van der Waals surface area contributed by atoms with E-state index < -0.39 is 0 Å². The molecule has 0 aromatic heterocycles. The maximum absolute atomic E-state index is 5.74. The molecule has 1 N–H and O–H groups in total. The fourth-order valence-corrected chi connectivity index (χ4v) is 2.23. The Kier molecular flexibility index (Phi) is 4.98. The van der Waals surface area contributed by atoms with Crippen LogP contribution in [0.15, 0.2) is 30.3 Å².